The monoisotopic (exact) mass is 366 g/mol. The van der Waals surface area contributed by atoms with E-state index in [1.54, 1.807) is 30.6 Å². The highest BCUT2D eigenvalue weighted by atomic mass is 19.4. The van der Waals surface area contributed by atoms with E-state index >= 15 is 0 Å². The summed E-state index contributed by atoms with van der Waals surface area (Å²) in [6.07, 6.45) is -1.12. The minimum absolute atomic E-state index is 0.338. The maximum atomic E-state index is 12.7. The Morgan fingerprint density at radius 2 is 1.52 bits per heavy atom. The van der Waals surface area contributed by atoms with E-state index in [2.05, 4.69) is 9.97 Å². The number of para-hydroxylation sites is 1. The summed E-state index contributed by atoms with van der Waals surface area (Å²) < 4.78 is 44.0. The van der Waals surface area contributed by atoms with E-state index in [1.165, 1.54) is 12.1 Å². The third kappa shape index (κ3) is 3.60. The zero-order chi connectivity index (χ0) is 18.9. The van der Waals surface area contributed by atoms with Gasteiger partial charge in [0.2, 0.25) is 5.88 Å². The number of nitrogens with zero attached hydrogens (tertiary/aromatic N) is 2. The SMILES string of the molecule is FC(F)(F)c1ccc(-c2ccnc(Oc3cccc4cccnc34)c2)cc1. The number of hydrogen-bond donors (Lipinski definition) is 0. The quantitative estimate of drug-likeness (QED) is 0.439. The lowest BCUT2D eigenvalue weighted by Gasteiger charge is -2.10. The van der Waals surface area contributed by atoms with Crippen LogP contribution < -0.4 is 4.74 Å². The Hall–Kier alpha value is -3.41. The Balaban J connectivity index is 1.65. The van der Waals surface area contributed by atoms with Crippen molar-refractivity contribution in [1.29, 1.82) is 0 Å². The predicted molar refractivity (Wildman–Crippen MR) is 96.5 cm³/mol. The summed E-state index contributed by atoms with van der Waals surface area (Å²) in [5.41, 5.74) is 1.38. The lowest BCUT2D eigenvalue weighted by molar-refractivity contribution is -0.137. The number of ether oxygens (including phenoxy) is 1. The molecule has 4 aromatic rings. The average molecular weight is 366 g/mol. The van der Waals surface area contributed by atoms with Crippen molar-refractivity contribution in [3.8, 4) is 22.8 Å². The van der Waals surface area contributed by atoms with Crippen molar-refractivity contribution in [2.45, 2.75) is 6.18 Å². The van der Waals surface area contributed by atoms with Crippen LogP contribution in [0, 0.1) is 0 Å². The predicted octanol–water partition coefficient (Wildman–Crippen LogP) is 6.11. The van der Waals surface area contributed by atoms with E-state index in [9.17, 15) is 13.2 Å². The normalized spacial score (nSPS) is 11.5. The second kappa shape index (κ2) is 6.72. The molecule has 0 aliphatic carbocycles. The van der Waals surface area contributed by atoms with Crippen LogP contribution in [-0.4, -0.2) is 9.97 Å². The van der Waals surface area contributed by atoms with Gasteiger partial charge in [-0.2, -0.15) is 13.2 Å². The number of rotatable bonds is 3. The minimum Gasteiger partial charge on any atom is -0.437 e. The molecule has 0 spiro atoms. The van der Waals surface area contributed by atoms with Crippen LogP contribution in [0.25, 0.3) is 22.0 Å². The van der Waals surface area contributed by atoms with Crippen LogP contribution in [0.15, 0.2) is 79.1 Å². The number of pyridine rings is 2. The van der Waals surface area contributed by atoms with Gasteiger partial charge in [0.05, 0.1) is 5.56 Å². The minimum atomic E-state index is -4.35. The lowest BCUT2D eigenvalue weighted by atomic mass is 10.0. The van der Waals surface area contributed by atoms with Gasteiger partial charge in [-0.15, -0.1) is 0 Å². The van der Waals surface area contributed by atoms with Gasteiger partial charge in [-0.25, -0.2) is 4.98 Å². The van der Waals surface area contributed by atoms with Crippen molar-refractivity contribution >= 4 is 10.9 Å². The molecule has 0 aliphatic rings. The standard InChI is InChI=1S/C21H13F3N2O/c22-21(23,24)17-8-6-14(7-9-17)16-10-12-25-19(13-16)27-18-5-1-3-15-4-2-11-26-20(15)18/h1-13H. The van der Waals surface area contributed by atoms with Crippen molar-refractivity contribution in [3.05, 3.63) is 84.7 Å². The van der Waals surface area contributed by atoms with E-state index in [-0.39, 0.29) is 0 Å². The number of hydrogen-bond acceptors (Lipinski definition) is 3. The van der Waals surface area contributed by atoms with E-state index in [4.69, 9.17) is 4.74 Å². The number of aromatic nitrogens is 2. The molecule has 27 heavy (non-hydrogen) atoms. The van der Waals surface area contributed by atoms with Gasteiger partial charge < -0.3 is 4.74 Å². The zero-order valence-corrected chi connectivity index (χ0v) is 13.9. The molecule has 6 heteroatoms. The first-order valence-electron chi connectivity index (χ1n) is 8.16. The molecule has 2 aromatic heterocycles. The van der Waals surface area contributed by atoms with Crippen LogP contribution in [-0.2, 0) is 6.18 Å². The maximum absolute atomic E-state index is 12.7. The van der Waals surface area contributed by atoms with Crippen LogP contribution in [0.5, 0.6) is 11.6 Å². The number of alkyl halides is 3. The first-order chi connectivity index (χ1) is 13.0. The fraction of sp³-hybridized carbons (Fsp3) is 0.0476. The average Bonchev–Trinajstić information content (AvgIpc) is 2.68. The molecule has 4 rings (SSSR count). The lowest BCUT2D eigenvalue weighted by Crippen LogP contribution is -2.03. The summed E-state index contributed by atoms with van der Waals surface area (Å²) in [6.45, 7) is 0. The maximum Gasteiger partial charge on any atom is 0.416 e. The zero-order valence-electron chi connectivity index (χ0n) is 13.9. The summed E-state index contributed by atoms with van der Waals surface area (Å²) in [7, 11) is 0. The van der Waals surface area contributed by atoms with Crippen molar-refractivity contribution < 1.29 is 17.9 Å². The van der Waals surface area contributed by atoms with Gasteiger partial charge in [0.25, 0.3) is 0 Å². The highest BCUT2D eigenvalue weighted by molar-refractivity contribution is 5.84. The molecule has 0 atom stereocenters. The highest BCUT2D eigenvalue weighted by Gasteiger charge is 2.29. The molecule has 2 heterocycles. The summed E-state index contributed by atoms with van der Waals surface area (Å²) in [5, 5.41) is 0.939. The van der Waals surface area contributed by atoms with E-state index in [1.807, 2.05) is 24.3 Å². The van der Waals surface area contributed by atoms with E-state index in [0.717, 1.165) is 17.5 Å². The van der Waals surface area contributed by atoms with Crippen LogP contribution in [0.1, 0.15) is 5.56 Å². The second-order valence-electron chi connectivity index (χ2n) is 5.89. The molecular weight excluding hydrogens is 353 g/mol. The molecule has 0 radical (unpaired) electrons. The van der Waals surface area contributed by atoms with Gasteiger partial charge in [-0.3, -0.25) is 4.98 Å². The summed E-state index contributed by atoms with van der Waals surface area (Å²) in [6, 6.07) is 17.7. The van der Waals surface area contributed by atoms with Crippen LogP contribution in [0.4, 0.5) is 13.2 Å². The van der Waals surface area contributed by atoms with Crippen LogP contribution in [0.3, 0.4) is 0 Å². The summed E-state index contributed by atoms with van der Waals surface area (Å²) in [4.78, 5) is 8.53. The Kier molecular flexibility index (Phi) is 4.24. The van der Waals surface area contributed by atoms with Crippen molar-refractivity contribution in [3.63, 3.8) is 0 Å². The molecule has 0 N–H and O–H groups in total. The van der Waals surface area contributed by atoms with Gasteiger partial charge in [-0.05, 0) is 41.5 Å². The van der Waals surface area contributed by atoms with Gasteiger partial charge in [-0.1, -0.05) is 30.3 Å². The van der Waals surface area contributed by atoms with Crippen LogP contribution in [0.2, 0.25) is 0 Å². The smallest absolute Gasteiger partial charge is 0.416 e. The van der Waals surface area contributed by atoms with E-state index < -0.39 is 11.7 Å². The molecular formula is C21H13F3N2O. The fourth-order valence-electron chi connectivity index (χ4n) is 2.77. The van der Waals surface area contributed by atoms with Crippen molar-refractivity contribution in [1.82, 2.24) is 9.97 Å². The molecule has 0 amide bonds. The Morgan fingerprint density at radius 1 is 0.741 bits per heavy atom. The van der Waals surface area contributed by atoms with Crippen molar-refractivity contribution in [2.75, 3.05) is 0 Å². The van der Waals surface area contributed by atoms with Gasteiger partial charge in [0.15, 0.2) is 5.75 Å². The molecule has 0 aliphatic heterocycles. The second-order valence-corrected chi connectivity index (χ2v) is 5.89. The number of halogens is 3. The third-order valence-electron chi connectivity index (χ3n) is 4.09. The number of benzene rings is 2. The van der Waals surface area contributed by atoms with E-state index in [0.29, 0.717) is 28.3 Å². The number of fused-ring (bicyclic) bond motifs is 1. The van der Waals surface area contributed by atoms with Gasteiger partial charge in [0, 0.05) is 23.8 Å². The third-order valence-corrected chi connectivity index (χ3v) is 4.09. The first kappa shape index (κ1) is 17.0. The molecule has 2 aromatic carbocycles. The van der Waals surface area contributed by atoms with Gasteiger partial charge >= 0.3 is 6.18 Å². The summed E-state index contributed by atoms with van der Waals surface area (Å²) in [5.74, 6) is 0.899. The topological polar surface area (TPSA) is 35.0 Å². The Labute approximate surface area is 153 Å². The first-order valence-corrected chi connectivity index (χ1v) is 8.16. The molecule has 0 bridgehead atoms. The molecule has 0 unspecified atom stereocenters. The highest BCUT2D eigenvalue weighted by Crippen LogP contribution is 2.32. The molecule has 3 nitrogen and oxygen atoms in total. The fourth-order valence-corrected chi connectivity index (χ4v) is 2.77. The van der Waals surface area contributed by atoms with Gasteiger partial charge in [0.1, 0.15) is 5.52 Å². The molecule has 0 fully saturated rings. The Bertz CT molecular complexity index is 1090. The molecule has 134 valence electrons. The van der Waals surface area contributed by atoms with Crippen molar-refractivity contribution in [2.24, 2.45) is 0 Å². The molecule has 0 saturated carbocycles. The Morgan fingerprint density at radius 3 is 2.30 bits per heavy atom. The largest absolute Gasteiger partial charge is 0.437 e. The molecule has 0 saturated heterocycles. The van der Waals surface area contributed by atoms with Crippen LogP contribution >= 0.6 is 0 Å². The summed E-state index contributed by atoms with van der Waals surface area (Å²) >= 11 is 0.